The zero-order valence-corrected chi connectivity index (χ0v) is 19.2. The number of rotatable bonds is 9. The van der Waals surface area contributed by atoms with Crippen LogP contribution in [-0.4, -0.2) is 24.4 Å². The molecule has 0 aliphatic carbocycles. The molecule has 0 aliphatic rings. The van der Waals surface area contributed by atoms with E-state index < -0.39 is 36.1 Å². The topological polar surface area (TPSA) is 93.7 Å². The highest BCUT2D eigenvalue weighted by molar-refractivity contribution is 5.94. The maximum absolute atomic E-state index is 12.7. The summed E-state index contributed by atoms with van der Waals surface area (Å²) < 4.78 is 48.8. The van der Waals surface area contributed by atoms with Gasteiger partial charge in [0.2, 0.25) is 5.91 Å². The average molecular weight is 500 g/mol. The number of aryl methyl sites for hydroxylation is 1. The molecule has 0 unspecified atom stereocenters. The Kier molecular flexibility index (Phi) is 8.66. The third kappa shape index (κ3) is 8.15. The highest BCUT2D eigenvalue weighted by atomic mass is 19.4. The number of amides is 2. The molecular weight excluding hydrogens is 477 g/mol. The van der Waals surface area contributed by atoms with Crippen molar-refractivity contribution in [3.05, 3.63) is 83.9 Å². The summed E-state index contributed by atoms with van der Waals surface area (Å²) in [5, 5.41) is 4.87. The second kappa shape index (κ2) is 11.9. The SMILES string of the molecule is Cc1ccccc1Oc1ccc(NC(=O)CCC(=O)OCC(=O)Nc2cccc(C(F)(F)F)c2)cc1. The van der Waals surface area contributed by atoms with Gasteiger partial charge in [0.05, 0.1) is 12.0 Å². The van der Waals surface area contributed by atoms with Crippen LogP contribution in [0.15, 0.2) is 72.8 Å². The van der Waals surface area contributed by atoms with Crippen molar-refractivity contribution in [1.29, 1.82) is 0 Å². The number of nitrogens with one attached hydrogen (secondary N) is 2. The number of benzene rings is 3. The zero-order chi connectivity index (χ0) is 26.1. The van der Waals surface area contributed by atoms with E-state index in [4.69, 9.17) is 9.47 Å². The molecule has 10 heteroatoms. The maximum Gasteiger partial charge on any atom is 0.416 e. The van der Waals surface area contributed by atoms with Gasteiger partial charge in [0, 0.05) is 17.8 Å². The van der Waals surface area contributed by atoms with Crippen LogP contribution in [0.1, 0.15) is 24.0 Å². The van der Waals surface area contributed by atoms with Gasteiger partial charge in [-0.05, 0) is 61.0 Å². The molecule has 0 heterocycles. The van der Waals surface area contributed by atoms with Gasteiger partial charge in [-0.1, -0.05) is 24.3 Å². The first-order valence-corrected chi connectivity index (χ1v) is 10.9. The summed E-state index contributed by atoms with van der Waals surface area (Å²) in [6.07, 6.45) is -5.02. The van der Waals surface area contributed by atoms with E-state index in [9.17, 15) is 27.6 Å². The molecule has 2 amide bonds. The molecule has 3 aromatic rings. The number of hydrogen-bond donors (Lipinski definition) is 2. The van der Waals surface area contributed by atoms with E-state index in [1.807, 2.05) is 31.2 Å². The van der Waals surface area contributed by atoms with Gasteiger partial charge in [-0.3, -0.25) is 14.4 Å². The Morgan fingerprint density at radius 1 is 0.806 bits per heavy atom. The van der Waals surface area contributed by atoms with Crippen LogP contribution < -0.4 is 15.4 Å². The Morgan fingerprint density at radius 3 is 2.19 bits per heavy atom. The molecule has 0 aromatic heterocycles. The molecular formula is C26H23F3N2O5. The van der Waals surface area contributed by atoms with Crippen molar-refractivity contribution in [3.63, 3.8) is 0 Å². The Labute approximate surface area is 205 Å². The molecule has 0 atom stereocenters. The lowest BCUT2D eigenvalue weighted by Gasteiger charge is -2.10. The fourth-order valence-electron chi connectivity index (χ4n) is 3.03. The number of ether oxygens (including phenoxy) is 2. The number of carbonyl (C=O) groups excluding carboxylic acids is 3. The minimum Gasteiger partial charge on any atom is -0.457 e. The van der Waals surface area contributed by atoms with Crippen molar-refractivity contribution in [1.82, 2.24) is 0 Å². The molecule has 0 bridgehead atoms. The Bertz CT molecular complexity index is 1230. The summed E-state index contributed by atoms with van der Waals surface area (Å²) in [6, 6.07) is 18.3. The lowest BCUT2D eigenvalue weighted by atomic mass is 10.2. The Morgan fingerprint density at radius 2 is 1.50 bits per heavy atom. The van der Waals surface area contributed by atoms with Crippen molar-refractivity contribution in [2.24, 2.45) is 0 Å². The number of hydrogen-bond acceptors (Lipinski definition) is 5. The lowest BCUT2D eigenvalue weighted by Crippen LogP contribution is -2.22. The molecule has 2 N–H and O–H groups in total. The number of anilines is 2. The first-order valence-electron chi connectivity index (χ1n) is 10.9. The number of esters is 1. The number of carbonyl (C=O) groups is 3. The van der Waals surface area contributed by atoms with Gasteiger partial charge in [-0.25, -0.2) is 0 Å². The van der Waals surface area contributed by atoms with Crippen LogP contribution in [-0.2, 0) is 25.3 Å². The summed E-state index contributed by atoms with van der Waals surface area (Å²) in [5.41, 5.74) is 0.484. The van der Waals surface area contributed by atoms with E-state index in [2.05, 4.69) is 10.6 Å². The fraction of sp³-hybridized carbons (Fsp3) is 0.192. The van der Waals surface area contributed by atoms with Crippen LogP contribution in [0.3, 0.4) is 0 Å². The van der Waals surface area contributed by atoms with E-state index in [1.54, 1.807) is 24.3 Å². The lowest BCUT2D eigenvalue weighted by molar-refractivity contribution is -0.147. The van der Waals surface area contributed by atoms with E-state index >= 15 is 0 Å². The summed E-state index contributed by atoms with van der Waals surface area (Å²) in [7, 11) is 0. The van der Waals surface area contributed by atoms with Crippen LogP contribution >= 0.6 is 0 Å². The van der Waals surface area contributed by atoms with Crippen molar-refractivity contribution in [2.75, 3.05) is 17.2 Å². The third-order valence-corrected chi connectivity index (χ3v) is 4.85. The van der Waals surface area contributed by atoms with Gasteiger partial charge < -0.3 is 20.1 Å². The van der Waals surface area contributed by atoms with E-state index in [1.165, 1.54) is 6.07 Å². The largest absolute Gasteiger partial charge is 0.457 e. The van der Waals surface area contributed by atoms with Crippen molar-refractivity contribution < 1.29 is 37.0 Å². The molecule has 3 aromatic carbocycles. The van der Waals surface area contributed by atoms with Crippen LogP contribution in [0.2, 0.25) is 0 Å². The smallest absolute Gasteiger partial charge is 0.416 e. The highest BCUT2D eigenvalue weighted by Crippen LogP contribution is 2.30. The number of para-hydroxylation sites is 1. The van der Waals surface area contributed by atoms with Gasteiger partial charge in [-0.15, -0.1) is 0 Å². The predicted molar refractivity (Wildman–Crippen MR) is 127 cm³/mol. The monoisotopic (exact) mass is 500 g/mol. The van der Waals surface area contributed by atoms with Gasteiger partial charge in [0.15, 0.2) is 6.61 Å². The second-order valence-corrected chi connectivity index (χ2v) is 7.73. The standard InChI is InChI=1S/C26H23F3N2O5/c1-17-5-2-3-8-22(17)36-21-11-9-19(10-12-21)30-23(32)13-14-25(34)35-16-24(33)31-20-7-4-6-18(15-20)26(27,28)29/h2-12,15H,13-14,16H2,1H3,(H,30,32)(H,31,33). The van der Waals surface area contributed by atoms with Gasteiger partial charge in [-0.2, -0.15) is 13.2 Å². The molecule has 188 valence electrons. The first-order chi connectivity index (χ1) is 17.1. The van der Waals surface area contributed by atoms with Crippen molar-refractivity contribution in [2.45, 2.75) is 25.9 Å². The van der Waals surface area contributed by atoms with Crippen molar-refractivity contribution >= 4 is 29.2 Å². The molecule has 0 radical (unpaired) electrons. The normalized spacial score (nSPS) is 10.9. The molecule has 0 spiro atoms. The summed E-state index contributed by atoms with van der Waals surface area (Å²) in [6.45, 7) is 1.23. The van der Waals surface area contributed by atoms with Gasteiger partial charge >= 0.3 is 12.1 Å². The zero-order valence-electron chi connectivity index (χ0n) is 19.2. The average Bonchev–Trinajstić information content (AvgIpc) is 2.84. The molecule has 0 aliphatic heterocycles. The highest BCUT2D eigenvalue weighted by Gasteiger charge is 2.30. The molecule has 0 saturated heterocycles. The fourth-order valence-corrected chi connectivity index (χ4v) is 3.03. The molecule has 0 fully saturated rings. The van der Waals surface area contributed by atoms with Crippen molar-refractivity contribution in [3.8, 4) is 11.5 Å². The van der Waals surface area contributed by atoms with Crippen LogP contribution in [0.4, 0.5) is 24.5 Å². The number of alkyl halides is 3. The predicted octanol–water partition coefficient (Wildman–Crippen LogP) is 5.71. The van der Waals surface area contributed by atoms with Crippen LogP contribution in [0.5, 0.6) is 11.5 Å². The number of halogens is 3. The Balaban J connectivity index is 1.38. The minimum absolute atomic E-state index is 0.0828. The maximum atomic E-state index is 12.7. The Hall–Kier alpha value is -4.34. The summed E-state index contributed by atoms with van der Waals surface area (Å²) >= 11 is 0. The molecule has 0 saturated carbocycles. The summed E-state index contributed by atoms with van der Waals surface area (Å²) in [4.78, 5) is 35.8. The second-order valence-electron chi connectivity index (χ2n) is 7.73. The quantitative estimate of drug-likeness (QED) is 0.367. The minimum atomic E-state index is -4.55. The summed E-state index contributed by atoms with van der Waals surface area (Å²) in [5.74, 6) is -0.731. The van der Waals surface area contributed by atoms with Gasteiger partial charge in [0.25, 0.3) is 5.91 Å². The van der Waals surface area contributed by atoms with E-state index in [-0.39, 0.29) is 18.5 Å². The van der Waals surface area contributed by atoms with E-state index in [0.29, 0.717) is 11.4 Å². The molecule has 7 nitrogen and oxygen atoms in total. The van der Waals surface area contributed by atoms with Crippen LogP contribution in [0.25, 0.3) is 0 Å². The van der Waals surface area contributed by atoms with Gasteiger partial charge in [0.1, 0.15) is 11.5 Å². The molecule has 36 heavy (non-hydrogen) atoms. The van der Waals surface area contributed by atoms with Crippen LogP contribution in [0, 0.1) is 6.92 Å². The van der Waals surface area contributed by atoms with E-state index in [0.717, 1.165) is 29.5 Å². The third-order valence-electron chi connectivity index (χ3n) is 4.85. The molecule has 3 rings (SSSR count). The first kappa shape index (κ1) is 26.3.